The van der Waals surface area contributed by atoms with Crippen LogP contribution < -0.4 is 0 Å². The van der Waals surface area contributed by atoms with Crippen molar-refractivity contribution in [1.29, 1.82) is 0 Å². The lowest BCUT2D eigenvalue weighted by Gasteiger charge is -2.24. The van der Waals surface area contributed by atoms with Crippen LogP contribution in [-0.2, 0) is 32.7 Å². The van der Waals surface area contributed by atoms with Crippen molar-refractivity contribution in [3.05, 3.63) is 12.2 Å². The number of rotatable bonds is 66. The number of carbonyl (C=O) groups is 2. The normalized spacial score (nSPS) is 13.1. The number of phosphoric ester groups is 1. The molecule has 0 aromatic rings. The lowest BCUT2D eigenvalue weighted by Crippen LogP contribution is -2.37. The second-order valence-corrected chi connectivity index (χ2v) is 26.7. The van der Waals surface area contributed by atoms with Crippen molar-refractivity contribution in [1.82, 2.24) is 0 Å². The predicted octanol–water partition coefficient (Wildman–Crippen LogP) is 22.3. The van der Waals surface area contributed by atoms with Gasteiger partial charge >= 0.3 is 19.8 Å². The molecule has 0 fully saturated rings. The fourth-order valence-corrected chi connectivity index (χ4v) is 11.4. The third kappa shape index (κ3) is 65.8. The zero-order chi connectivity index (χ0) is 57.7. The largest absolute Gasteiger partial charge is 0.472 e. The first kappa shape index (κ1) is 77.8. The predicted molar refractivity (Wildman–Crippen MR) is 340 cm³/mol. The molecule has 470 valence electrons. The highest BCUT2D eigenvalue weighted by Gasteiger charge is 2.27. The Balaban J connectivity index is 3.96. The number of allylic oxidation sites excluding steroid dienone is 2. The number of carbonyl (C=O) groups excluding carboxylic acids is 2. The van der Waals surface area contributed by atoms with E-state index >= 15 is 0 Å². The fourth-order valence-electron chi connectivity index (χ4n) is 10.7. The van der Waals surface area contributed by atoms with Gasteiger partial charge in [0.05, 0.1) is 27.7 Å². The van der Waals surface area contributed by atoms with Crippen molar-refractivity contribution in [2.75, 3.05) is 47.5 Å². The lowest BCUT2D eigenvalue weighted by atomic mass is 10.0. The molecule has 0 heterocycles. The molecule has 0 saturated heterocycles. The molecule has 10 heteroatoms. The highest BCUT2D eigenvalue weighted by molar-refractivity contribution is 7.47. The minimum Gasteiger partial charge on any atom is -0.462 e. The molecule has 79 heavy (non-hydrogen) atoms. The van der Waals surface area contributed by atoms with Crippen molar-refractivity contribution in [2.45, 2.75) is 373 Å². The van der Waals surface area contributed by atoms with Gasteiger partial charge in [-0.3, -0.25) is 18.6 Å². The summed E-state index contributed by atoms with van der Waals surface area (Å²) in [6.07, 6.45) is 74.7. The number of phosphoric acid groups is 1. The Morgan fingerprint density at radius 2 is 0.646 bits per heavy atom. The molecule has 2 atom stereocenters. The van der Waals surface area contributed by atoms with E-state index in [4.69, 9.17) is 18.5 Å². The first-order chi connectivity index (χ1) is 38.5. The Labute approximate surface area is 492 Å². The van der Waals surface area contributed by atoms with Crippen LogP contribution in [0.4, 0.5) is 0 Å². The van der Waals surface area contributed by atoms with Crippen LogP contribution in [0.2, 0.25) is 0 Å². The molecular formula is C69H137NO8P+. The smallest absolute Gasteiger partial charge is 0.462 e. The fraction of sp³-hybridized carbons (Fsp3) is 0.942. The van der Waals surface area contributed by atoms with Crippen LogP contribution in [0, 0.1) is 0 Å². The van der Waals surface area contributed by atoms with E-state index < -0.39 is 26.5 Å². The molecule has 0 aliphatic heterocycles. The van der Waals surface area contributed by atoms with Gasteiger partial charge in [0.15, 0.2) is 6.10 Å². The van der Waals surface area contributed by atoms with E-state index in [2.05, 4.69) is 26.0 Å². The lowest BCUT2D eigenvalue weighted by molar-refractivity contribution is -0.870. The van der Waals surface area contributed by atoms with Crippen molar-refractivity contribution < 1.29 is 42.1 Å². The summed E-state index contributed by atoms with van der Waals surface area (Å²) in [6.45, 7) is 4.52. The van der Waals surface area contributed by atoms with E-state index in [1.165, 1.54) is 302 Å². The summed E-state index contributed by atoms with van der Waals surface area (Å²) in [5, 5.41) is 0. The highest BCUT2D eigenvalue weighted by Crippen LogP contribution is 2.43. The summed E-state index contributed by atoms with van der Waals surface area (Å²) < 4.78 is 34.7. The first-order valence-electron chi connectivity index (χ1n) is 34.9. The highest BCUT2D eigenvalue weighted by atomic mass is 31.2. The van der Waals surface area contributed by atoms with Gasteiger partial charge in [-0.2, -0.15) is 0 Å². The molecule has 0 spiro atoms. The second-order valence-electron chi connectivity index (χ2n) is 25.3. The van der Waals surface area contributed by atoms with Gasteiger partial charge in [0.25, 0.3) is 0 Å². The van der Waals surface area contributed by atoms with Gasteiger partial charge in [-0.1, -0.05) is 328 Å². The quantitative estimate of drug-likeness (QED) is 0.0211. The van der Waals surface area contributed by atoms with Gasteiger partial charge in [0, 0.05) is 12.8 Å². The zero-order valence-corrected chi connectivity index (χ0v) is 54.5. The second kappa shape index (κ2) is 61.3. The number of nitrogens with zero attached hydrogens (tertiary/aromatic N) is 1. The number of unbranched alkanes of at least 4 members (excludes halogenated alkanes) is 50. The molecule has 0 amide bonds. The van der Waals surface area contributed by atoms with E-state index in [-0.39, 0.29) is 25.6 Å². The van der Waals surface area contributed by atoms with Gasteiger partial charge in [0.1, 0.15) is 19.8 Å². The summed E-state index contributed by atoms with van der Waals surface area (Å²) in [4.78, 5) is 35.8. The van der Waals surface area contributed by atoms with Crippen molar-refractivity contribution in [3.8, 4) is 0 Å². The van der Waals surface area contributed by atoms with E-state index in [1.807, 2.05) is 21.1 Å². The third-order valence-electron chi connectivity index (χ3n) is 16.0. The van der Waals surface area contributed by atoms with Gasteiger partial charge in [-0.15, -0.1) is 0 Å². The number of hydrogen-bond acceptors (Lipinski definition) is 7. The van der Waals surface area contributed by atoms with Gasteiger partial charge in [-0.25, -0.2) is 4.57 Å². The molecule has 0 aromatic carbocycles. The standard InChI is InChI=1S/C69H136NO8P/c1-6-8-10-12-14-16-18-20-22-24-26-28-30-31-32-33-34-35-36-37-38-39-40-42-44-46-48-50-52-54-56-58-60-62-69(72)78-67(66-77-79(73,74)76-64-63-70(3,4)5)65-75-68(71)61-59-57-55-53-51-49-47-45-43-41-29-27-25-23-21-19-17-15-13-11-9-7-2/h24,26,67H,6-23,25,27-66H2,1-5H3/p+1/b26-24-. The Bertz CT molecular complexity index is 1340. The average Bonchev–Trinajstić information content (AvgIpc) is 3.41. The number of ether oxygens (including phenoxy) is 2. The van der Waals surface area contributed by atoms with Crippen LogP contribution in [0.5, 0.6) is 0 Å². The molecule has 0 bridgehead atoms. The number of esters is 2. The number of likely N-dealkylation sites (N-methyl/N-ethyl adjacent to an activating group) is 1. The average molecular weight is 1140 g/mol. The summed E-state index contributed by atoms with van der Waals surface area (Å²) in [7, 11) is 1.50. The number of hydrogen-bond donors (Lipinski definition) is 1. The molecular weight excluding hydrogens is 1000 g/mol. The maximum Gasteiger partial charge on any atom is 0.472 e. The molecule has 0 saturated carbocycles. The monoisotopic (exact) mass is 1140 g/mol. The van der Waals surface area contributed by atoms with Crippen LogP contribution in [0.15, 0.2) is 12.2 Å². The van der Waals surface area contributed by atoms with E-state index in [1.54, 1.807) is 0 Å². The van der Waals surface area contributed by atoms with Gasteiger partial charge < -0.3 is 18.9 Å². The summed E-state index contributed by atoms with van der Waals surface area (Å²) >= 11 is 0. The maximum atomic E-state index is 12.9. The van der Waals surface area contributed by atoms with Crippen molar-refractivity contribution in [2.24, 2.45) is 0 Å². The van der Waals surface area contributed by atoms with Crippen LogP contribution >= 0.6 is 7.82 Å². The van der Waals surface area contributed by atoms with Crippen LogP contribution in [0.25, 0.3) is 0 Å². The van der Waals surface area contributed by atoms with Crippen molar-refractivity contribution in [3.63, 3.8) is 0 Å². The molecule has 0 aliphatic rings. The Morgan fingerprint density at radius 3 is 0.937 bits per heavy atom. The molecule has 0 aromatic heterocycles. The Kier molecular flexibility index (Phi) is 60.3. The van der Waals surface area contributed by atoms with Crippen LogP contribution in [0.3, 0.4) is 0 Å². The summed E-state index contributed by atoms with van der Waals surface area (Å²) in [5.41, 5.74) is 0. The SMILES string of the molecule is CCCCCCCCCC/C=C\CCCCCCCCCCCCCCCCCCCCCCCC(=O)OC(COC(=O)CCCCCCCCCCCCCCCCCCCCCCCC)COP(=O)(O)OCC[N+](C)(C)C. The molecule has 0 radical (unpaired) electrons. The Hall–Kier alpha value is -1.25. The van der Waals surface area contributed by atoms with E-state index in [0.717, 1.165) is 38.5 Å². The summed E-state index contributed by atoms with van der Waals surface area (Å²) in [6, 6.07) is 0. The maximum absolute atomic E-state index is 12.9. The Morgan fingerprint density at radius 1 is 0.380 bits per heavy atom. The van der Waals surface area contributed by atoms with Crippen LogP contribution in [-0.4, -0.2) is 74.9 Å². The number of quaternary nitrogens is 1. The molecule has 0 rings (SSSR count). The molecule has 9 nitrogen and oxygen atoms in total. The topological polar surface area (TPSA) is 108 Å². The van der Waals surface area contributed by atoms with Crippen molar-refractivity contribution >= 4 is 19.8 Å². The first-order valence-corrected chi connectivity index (χ1v) is 36.4. The van der Waals surface area contributed by atoms with E-state index in [0.29, 0.717) is 17.4 Å². The van der Waals surface area contributed by atoms with Gasteiger partial charge in [-0.05, 0) is 38.5 Å². The summed E-state index contributed by atoms with van der Waals surface area (Å²) in [5.74, 6) is -0.770. The third-order valence-corrected chi connectivity index (χ3v) is 17.0. The van der Waals surface area contributed by atoms with Crippen LogP contribution in [0.1, 0.15) is 367 Å². The van der Waals surface area contributed by atoms with Gasteiger partial charge in [0.2, 0.25) is 0 Å². The minimum absolute atomic E-state index is 0.0367. The van der Waals surface area contributed by atoms with E-state index in [9.17, 15) is 19.0 Å². The minimum atomic E-state index is -4.38. The molecule has 0 aliphatic carbocycles. The molecule has 2 unspecified atom stereocenters. The zero-order valence-electron chi connectivity index (χ0n) is 53.7. The molecule has 1 N–H and O–H groups in total.